The van der Waals surface area contributed by atoms with Crippen molar-refractivity contribution in [2.45, 2.75) is 11.2 Å². The first kappa shape index (κ1) is 14.0. The van der Waals surface area contributed by atoms with Gasteiger partial charge in [0, 0.05) is 12.2 Å². The van der Waals surface area contributed by atoms with Gasteiger partial charge in [-0.25, -0.2) is 12.8 Å². The standard InChI is InChI=1S/C12H13FO5S/c1-19(17,18)10-9(12(10,6-14)11(15)16)7-3-2-4-8(13)5-7/h2-5,9-10,14H,6H2,1H3,(H,15,16)/t9-,10-,12-/m1/s1. The smallest absolute Gasteiger partial charge is 0.314 e. The summed E-state index contributed by atoms with van der Waals surface area (Å²) < 4.78 is 36.5. The van der Waals surface area contributed by atoms with Crippen LogP contribution in [-0.2, 0) is 14.6 Å². The highest BCUT2D eigenvalue weighted by Gasteiger charge is 2.74. The van der Waals surface area contributed by atoms with Crippen LogP contribution in [0.5, 0.6) is 0 Å². The summed E-state index contributed by atoms with van der Waals surface area (Å²) in [5.41, 5.74) is -1.51. The second kappa shape index (κ2) is 4.28. The van der Waals surface area contributed by atoms with E-state index in [1.807, 2.05) is 0 Å². The quantitative estimate of drug-likeness (QED) is 0.836. The van der Waals surface area contributed by atoms with Gasteiger partial charge in [-0.05, 0) is 17.7 Å². The van der Waals surface area contributed by atoms with Crippen LogP contribution >= 0.6 is 0 Å². The number of hydrogen-bond acceptors (Lipinski definition) is 4. The van der Waals surface area contributed by atoms with Crippen molar-refractivity contribution >= 4 is 15.8 Å². The van der Waals surface area contributed by atoms with Gasteiger partial charge in [-0.2, -0.15) is 0 Å². The number of carboxylic acid groups (broad SMARTS) is 1. The normalized spacial score (nSPS) is 30.1. The third kappa shape index (κ3) is 2.02. The molecule has 19 heavy (non-hydrogen) atoms. The van der Waals surface area contributed by atoms with Crippen LogP contribution < -0.4 is 0 Å². The number of rotatable bonds is 4. The van der Waals surface area contributed by atoms with Gasteiger partial charge >= 0.3 is 5.97 Å². The maximum atomic E-state index is 13.2. The lowest BCUT2D eigenvalue weighted by molar-refractivity contribution is -0.145. The largest absolute Gasteiger partial charge is 0.481 e. The molecule has 0 heterocycles. The summed E-state index contributed by atoms with van der Waals surface area (Å²) in [5.74, 6) is -2.89. The average Bonchev–Trinajstić information content (AvgIpc) is 2.99. The molecule has 104 valence electrons. The molecule has 1 saturated carbocycles. The van der Waals surface area contributed by atoms with Gasteiger partial charge in [0.15, 0.2) is 9.84 Å². The number of sulfone groups is 1. The van der Waals surface area contributed by atoms with E-state index in [-0.39, 0.29) is 5.56 Å². The van der Waals surface area contributed by atoms with Gasteiger partial charge < -0.3 is 10.2 Å². The molecule has 0 amide bonds. The fourth-order valence-corrected chi connectivity index (χ4v) is 4.62. The highest BCUT2D eigenvalue weighted by atomic mass is 32.2. The molecule has 1 aliphatic rings. The molecule has 2 rings (SSSR count). The van der Waals surface area contributed by atoms with Crippen molar-refractivity contribution in [2.75, 3.05) is 12.9 Å². The zero-order chi connectivity index (χ0) is 14.4. The second-order valence-electron chi connectivity index (χ2n) is 4.79. The molecule has 1 aliphatic carbocycles. The van der Waals surface area contributed by atoms with Crippen LogP contribution in [-0.4, -0.2) is 42.7 Å². The third-order valence-corrected chi connectivity index (χ3v) is 5.20. The maximum Gasteiger partial charge on any atom is 0.314 e. The number of benzene rings is 1. The second-order valence-corrected chi connectivity index (χ2v) is 6.95. The summed E-state index contributed by atoms with van der Waals surface area (Å²) in [4.78, 5) is 11.3. The minimum absolute atomic E-state index is 0.270. The van der Waals surface area contributed by atoms with Crippen molar-refractivity contribution in [1.29, 1.82) is 0 Å². The first-order valence-electron chi connectivity index (χ1n) is 5.53. The Hall–Kier alpha value is -1.47. The number of halogens is 1. The van der Waals surface area contributed by atoms with E-state index in [9.17, 15) is 27.8 Å². The highest BCUT2D eigenvalue weighted by Crippen LogP contribution is 2.62. The molecule has 5 nitrogen and oxygen atoms in total. The van der Waals surface area contributed by atoms with Gasteiger partial charge in [-0.3, -0.25) is 4.79 Å². The van der Waals surface area contributed by atoms with Crippen LogP contribution in [0, 0.1) is 11.2 Å². The van der Waals surface area contributed by atoms with E-state index in [0.29, 0.717) is 0 Å². The molecule has 0 saturated heterocycles. The molecule has 0 aliphatic heterocycles. The summed E-state index contributed by atoms with van der Waals surface area (Å²) in [6.07, 6.45) is 0.921. The minimum Gasteiger partial charge on any atom is -0.481 e. The summed E-state index contributed by atoms with van der Waals surface area (Å²) >= 11 is 0. The molecule has 0 spiro atoms. The van der Waals surface area contributed by atoms with E-state index in [2.05, 4.69) is 0 Å². The van der Waals surface area contributed by atoms with Crippen molar-refractivity contribution in [3.05, 3.63) is 35.6 Å². The van der Waals surface area contributed by atoms with E-state index < -0.39 is 44.8 Å². The van der Waals surface area contributed by atoms with Crippen LogP contribution in [0.3, 0.4) is 0 Å². The number of carboxylic acids is 1. The number of aliphatic carboxylic acids is 1. The molecule has 1 aromatic rings. The lowest BCUT2D eigenvalue weighted by Gasteiger charge is -2.08. The molecule has 1 fully saturated rings. The molecular formula is C12H13FO5S. The fourth-order valence-electron chi connectivity index (χ4n) is 2.72. The molecule has 0 bridgehead atoms. The zero-order valence-corrected chi connectivity index (χ0v) is 10.9. The highest BCUT2D eigenvalue weighted by molar-refractivity contribution is 7.91. The Morgan fingerprint density at radius 2 is 2.11 bits per heavy atom. The van der Waals surface area contributed by atoms with Crippen molar-refractivity contribution in [3.8, 4) is 0 Å². The van der Waals surface area contributed by atoms with E-state index in [1.54, 1.807) is 0 Å². The average molecular weight is 288 g/mol. The Labute approximate surface area is 109 Å². The molecule has 2 N–H and O–H groups in total. The predicted molar refractivity (Wildman–Crippen MR) is 64.9 cm³/mol. The van der Waals surface area contributed by atoms with Crippen LogP contribution in [0.4, 0.5) is 4.39 Å². The molecule has 0 unspecified atom stereocenters. The number of carbonyl (C=O) groups is 1. The Balaban J connectivity index is 2.53. The van der Waals surface area contributed by atoms with Crippen molar-refractivity contribution in [2.24, 2.45) is 5.41 Å². The van der Waals surface area contributed by atoms with Crippen LogP contribution in [0.25, 0.3) is 0 Å². The van der Waals surface area contributed by atoms with E-state index >= 15 is 0 Å². The van der Waals surface area contributed by atoms with E-state index in [0.717, 1.165) is 12.3 Å². The van der Waals surface area contributed by atoms with Crippen molar-refractivity contribution in [1.82, 2.24) is 0 Å². The Kier molecular flexibility index (Phi) is 3.14. The van der Waals surface area contributed by atoms with Gasteiger partial charge in [0.1, 0.15) is 11.2 Å². The molecule has 1 aromatic carbocycles. The molecule has 3 atom stereocenters. The molecule has 0 radical (unpaired) electrons. The van der Waals surface area contributed by atoms with Crippen LogP contribution in [0.2, 0.25) is 0 Å². The zero-order valence-electron chi connectivity index (χ0n) is 10.1. The summed E-state index contributed by atoms with van der Waals surface area (Å²) in [6, 6.07) is 5.13. The predicted octanol–water partition coefficient (Wildman–Crippen LogP) is 0.399. The van der Waals surface area contributed by atoms with Crippen molar-refractivity contribution < 1.29 is 27.8 Å². The lowest BCUT2D eigenvalue weighted by Crippen LogP contribution is -2.27. The Morgan fingerprint density at radius 3 is 2.47 bits per heavy atom. The van der Waals surface area contributed by atoms with Crippen LogP contribution in [0.15, 0.2) is 24.3 Å². The van der Waals surface area contributed by atoms with Gasteiger partial charge in [0.2, 0.25) is 0 Å². The Bertz CT molecular complexity index is 627. The number of hydrogen-bond donors (Lipinski definition) is 2. The van der Waals surface area contributed by atoms with E-state index in [1.165, 1.54) is 18.2 Å². The van der Waals surface area contributed by atoms with Gasteiger partial charge in [-0.1, -0.05) is 12.1 Å². The summed E-state index contributed by atoms with van der Waals surface area (Å²) in [5, 5.41) is 17.3. The van der Waals surface area contributed by atoms with E-state index in [4.69, 9.17) is 0 Å². The maximum absolute atomic E-state index is 13.2. The monoisotopic (exact) mass is 288 g/mol. The van der Waals surface area contributed by atoms with Crippen LogP contribution in [0.1, 0.15) is 11.5 Å². The first-order valence-corrected chi connectivity index (χ1v) is 7.49. The molecule has 0 aromatic heterocycles. The fraction of sp³-hybridized carbons (Fsp3) is 0.417. The molecular weight excluding hydrogens is 275 g/mol. The summed E-state index contributed by atoms with van der Waals surface area (Å²) in [7, 11) is -3.67. The molecule has 7 heteroatoms. The van der Waals surface area contributed by atoms with Gasteiger partial charge in [0.25, 0.3) is 0 Å². The number of aliphatic hydroxyl groups excluding tert-OH is 1. The number of aliphatic hydroxyl groups is 1. The minimum atomic E-state index is -3.67. The third-order valence-electron chi connectivity index (χ3n) is 3.59. The summed E-state index contributed by atoms with van der Waals surface area (Å²) in [6.45, 7) is -0.804. The SMILES string of the molecule is CS(=O)(=O)[C@@H]1[C@@H](c2cccc(F)c2)[C@@]1(CO)C(=O)O. The first-order chi connectivity index (χ1) is 8.75. The lowest BCUT2D eigenvalue weighted by atomic mass is 10.00. The Morgan fingerprint density at radius 1 is 1.47 bits per heavy atom. The topological polar surface area (TPSA) is 91.7 Å². The van der Waals surface area contributed by atoms with Gasteiger partial charge in [-0.15, -0.1) is 0 Å². The van der Waals surface area contributed by atoms with Crippen molar-refractivity contribution in [3.63, 3.8) is 0 Å². The van der Waals surface area contributed by atoms with Gasteiger partial charge in [0.05, 0.1) is 11.9 Å².